The molecular weight excluding hydrogens is 490 g/mol. The fraction of sp³-hybridized carbons (Fsp3) is 0.417. The van der Waals surface area contributed by atoms with Crippen LogP contribution >= 0.6 is 11.6 Å². The van der Waals surface area contributed by atoms with Gasteiger partial charge in [0.25, 0.3) is 0 Å². The van der Waals surface area contributed by atoms with Crippen molar-refractivity contribution < 1.29 is 13.5 Å². The minimum absolute atomic E-state index is 0.0925. The van der Waals surface area contributed by atoms with Gasteiger partial charge in [-0.1, -0.05) is 17.7 Å². The Morgan fingerprint density at radius 1 is 0.944 bits per heavy atom. The first-order valence-corrected chi connectivity index (χ1v) is 12.4. The molecule has 5 heterocycles. The van der Waals surface area contributed by atoms with Crippen LogP contribution in [0.1, 0.15) is 31.7 Å². The molecule has 4 aromatic rings. The lowest BCUT2D eigenvalue weighted by molar-refractivity contribution is 0.0213. The molecular formula is C24H25ClF2N8O. The Morgan fingerprint density at radius 2 is 1.69 bits per heavy atom. The lowest BCUT2D eigenvalue weighted by atomic mass is 10.00. The van der Waals surface area contributed by atoms with E-state index < -0.39 is 11.6 Å². The third-order valence-corrected chi connectivity index (χ3v) is 7.35. The Balaban J connectivity index is 1.24. The maximum Gasteiger partial charge on any atom is 0.232 e. The van der Waals surface area contributed by atoms with Crippen molar-refractivity contribution in [1.29, 1.82) is 0 Å². The van der Waals surface area contributed by atoms with E-state index in [4.69, 9.17) is 16.3 Å². The van der Waals surface area contributed by atoms with Crippen molar-refractivity contribution >= 4 is 28.9 Å². The van der Waals surface area contributed by atoms with Crippen LogP contribution in [-0.2, 0) is 4.74 Å². The molecule has 0 radical (unpaired) electrons. The number of fused-ring (bicyclic) bond motifs is 1. The average molecular weight is 515 g/mol. The fourth-order valence-electron chi connectivity index (χ4n) is 5.08. The van der Waals surface area contributed by atoms with Crippen LogP contribution in [0.3, 0.4) is 0 Å². The maximum absolute atomic E-state index is 14.4. The summed E-state index contributed by atoms with van der Waals surface area (Å²) >= 11 is 6.74. The third-order valence-electron chi connectivity index (χ3n) is 6.98. The van der Waals surface area contributed by atoms with Crippen LogP contribution in [0, 0.1) is 11.6 Å². The molecule has 0 bridgehead atoms. The first kappa shape index (κ1) is 23.3. The van der Waals surface area contributed by atoms with Crippen LogP contribution < -0.4 is 5.32 Å². The number of halogens is 3. The molecule has 2 aliphatic heterocycles. The summed E-state index contributed by atoms with van der Waals surface area (Å²) in [4.78, 5) is 11.2. The van der Waals surface area contributed by atoms with Gasteiger partial charge in [0.2, 0.25) is 5.95 Å². The van der Waals surface area contributed by atoms with Crippen molar-refractivity contribution in [2.45, 2.75) is 37.8 Å². The van der Waals surface area contributed by atoms with Gasteiger partial charge in [0.15, 0.2) is 16.6 Å². The lowest BCUT2D eigenvalue weighted by Gasteiger charge is -2.39. The summed E-state index contributed by atoms with van der Waals surface area (Å²) in [6, 6.07) is 6.04. The zero-order valence-corrected chi connectivity index (χ0v) is 20.2. The molecule has 1 aromatic carbocycles. The first-order valence-electron chi connectivity index (χ1n) is 12.1. The largest absolute Gasteiger partial charge is 0.381 e. The molecule has 2 saturated heterocycles. The van der Waals surface area contributed by atoms with Crippen LogP contribution in [0.4, 0.5) is 20.4 Å². The van der Waals surface area contributed by atoms with E-state index in [0.717, 1.165) is 52.0 Å². The smallest absolute Gasteiger partial charge is 0.232 e. The van der Waals surface area contributed by atoms with E-state index in [0.29, 0.717) is 22.5 Å². The Morgan fingerprint density at radius 3 is 2.44 bits per heavy atom. The van der Waals surface area contributed by atoms with Crippen LogP contribution in [0.2, 0.25) is 5.15 Å². The van der Waals surface area contributed by atoms with Crippen molar-refractivity contribution in [2.75, 3.05) is 31.6 Å². The highest BCUT2D eigenvalue weighted by Gasteiger charge is 2.29. The predicted molar refractivity (Wildman–Crippen MR) is 130 cm³/mol. The third kappa shape index (κ3) is 4.31. The summed E-state index contributed by atoms with van der Waals surface area (Å²) in [6.07, 6.45) is 7.24. The molecule has 36 heavy (non-hydrogen) atoms. The van der Waals surface area contributed by atoms with Gasteiger partial charge < -0.3 is 15.0 Å². The average Bonchev–Trinajstić information content (AvgIpc) is 3.52. The van der Waals surface area contributed by atoms with Gasteiger partial charge >= 0.3 is 0 Å². The van der Waals surface area contributed by atoms with Crippen LogP contribution in [-0.4, -0.2) is 66.6 Å². The highest BCUT2D eigenvalue weighted by Crippen LogP contribution is 2.33. The normalized spacial score (nSPS) is 18.2. The lowest BCUT2D eigenvalue weighted by Crippen LogP contribution is -2.44. The molecule has 6 rings (SSSR count). The number of hydrogen-bond acceptors (Lipinski definition) is 7. The maximum atomic E-state index is 14.4. The zero-order chi connectivity index (χ0) is 24.6. The van der Waals surface area contributed by atoms with Gasteiger partial charge in [-0.3, -0.25) is 0 Å². The van der Waals surface area contributed by atoms with Crippen molar-refractivity contribution in [1.82, 2.24) is 34.3 Å². The molecule has 0 atom stereocenters. The number of benzene rings is 1. The molecule has 0 aliphatic carbocycles. The van der Waals surface area contributed by atoms with Gasteiger partial charge in [-0.25, -0.2) is 18.4 Å². The van der Waals surface area contributed by atoms with E-state index in [9.17, 15) is 8.78 Å². The summed E-state index contributed by atoms with van der Waals surface area (Å²) < 4.78 is 37.6. The number of aromatic nitrogens is 6. The monoisotopic (exact) mass is 514 g/mol. The second-order valence-corrected chi connectivity index (χ2v) is 9.46. The number of anilines is 2. The number of nitrogens with zero attached hydrogens (tertiary/aromatic N) is 7. The highest BCUT2D eigenvalue weighted by atomic mass is 35.5. The van der Waals surface area contributed by atoms with E-state index in [2.05, 4.69) is 30.4 Å². The van der Waals surface area contributed by atoms with Gasteiger partial charge in [0.05, 0.1) is 29.7 Å². The topological polar surface area (TPSA) is 85.4 Å². The summed E-state index contributed by atoms with van der Waals surface area (Å²) in [5.41, 5.74) is 0.607. The van der Waals surface area contributed by atoms with Gasteiger partial charge in [0, 0.05) is 38.4 Å². The van der Waals surface area contributed by atoms with Gasteiger partial charge in [-0.15, -0.1) is 0 Å². The van der Waals surface area contributed by atoms with Gasteiger partial charge in [0.1, 0.15) is 11.6 Å². The molecule has 2 aliphatic rings. The number of rotatable bonds is 5. The van der Waals surface area contributed by atoms with Crippen molar-refractivity contribution in [3.63, 3.8) is 0 Å². The summed E-state index contributed by atoms with van der Waals surface area (Å²) in [5.74, 6) is -1.37. The minimum atomic E-state index is -0.747. The van der Waals surface area contributed by atoms with Crippen LogP contribution in [0.15, 0.2) is 36.7 Å². The summed E-state index contributed by atoms with van der Waals surface area (Å²) in [6.45, 7) is 3.65. The van der Waals surface area contributed by atoms with Crippen molar-refractivity contribution in [3.05, 3.63) is 53.4 Å². The van der Waals surface area contributed by atoms with Gasteiger partial charge in [-0.05, 0) is 37.8 Å². The van der Waals surface area contributed by atoms with Crippen molar-refractivity contribution in [3.8, 4) is 11.4 Å². The van der Waals surface area contributed by atoms with Crippen LogP contribution in [0.25, 0.3) is 17.0 Å². The number of ether oxygens (including phenoxy) is 1. The molecule has 2 fully saturated rings. The Kier molecular flexibility index (Phi) is 6.28. The number of hydrogen-bond donors (Lipinski definition) is 1. The van der Waals surface area contributed by atoms with Gasteiger partial charge in [-0.2, -0.15) is 19.7 Å². The van der Waals surface area contributed by atoms with E-state index >= 15 is 0 Å². The molecule has 1 N–H and O–H groups in total. The molecule has 188 valence electrons. The minimum Gasteiger partial charge on any atom is -0.381 e. The van der Waals surface area contributed by atoms with Crippen LogP contribution in [0.5, 0.6) is 0 Å². The molecule has 12 heteroatoms. The molecule has 0 spiro atoms. The standard InChI is InChI=1S/C24H25ClF2N8O/c25-22-19(14-29-34(22)16-5-10-33(11-6-16)15-7-12-36-13-8-15)30-24-32-23(31-20-4-9-28-35(20)24)21-17(26)2-1-3-18(21)27/h1-4,9,14-16H,5-8,10-13H2,(H,30,31,32). The second-order valence-electron chi connectivity index (χ2n) is 9.10. The molecule has 3 aromatic heterocycles. The highest BCUT2D eigenvalue weighted by molar-refractivity contribution is 6.32. The Bertz CT molecular complexity index is 1360. The van der Waals surface area contributed by atoms with E-state index in [-0.39, 0.29) is 23.4 Å². The zero-order valence-electron chi connectivity index (χ0n) is 19.4. The fourth-order valence-corrected chi connectivity index (χ4v) is 5.36. The summed E-state index contributed by atoms with van der Waals surface area (Å²) in [5, 5.41) is 12.3. The molecule has 0 amide bonds. The predicted octanol–water partition coefficient (Wildman–Crippen LogP) is 4.48. The SMILES string of the molecule is Fc1cccc(F)c1-c1nc(Nc2cnn(C3CCN(C4CCOCC4)CC3)c2Cl)n2nccc2n1. The van der Waals surface area contributed by atoms with E-state index in [1.807, 2.05) is 4.68 Å². The number of nitrogens with one attached hydrogen (secondary N) is 1. The molecule has 0 saturated carbocycles. The molecule has 9 nitrogen and oxygen atoms in total. The first-order chi connectivity index (χ1) is 17.6. The Labute approximate surface area is 211 Å². The number of likely N-dealkylation sites (tertiary alicyclic amines) is 1. The molecule has 0 unspecified atom stereocenters. The number of piperidine rings is 1. The Hall–Kier alpha value is -3.15. The second kappa shape index (κ2) is 9.72. The van der Waals surface area contributed by atoms with E-state index in [1.165, 1.54) is 28.9 Å². The summed E-state index contributed by atoms with van der Waals surface area (Å²) in [7, 11) is 0. The van der Waals surface area contributed by atoms with Crippen molar-refractivity contribution in [2.24, 2.45) is 0 Å². The van der Waals surface area contributed by atoms with E-state index in [1.54, 1.807) is 12.3 Å². The quantitative estimate of drug-likeness (QED) is 0.420.